The van der Waals surface area contributed by atoms with Crippen LogP contribution in [0.4, 0.5) is 24.5 Å². The van der Waals surface area contributed by atoms with E-state index in [1.54, 1.807) is 12.1 Å². The summed E-state index contributed by atoms with van der Waals surface area (Å²) in [5, 5.41) is 0.475. The minimum absolute atomic E-state index is 0.390. The molecule has 0 radical (unpaired) electrons. The standard InChI is InChI=1S/C13H17ClF3N3/c1-9-6-11(18)10(14)7-12(9)20-4-2-19(3-5-20)8-13(15,16)17/h6-7H,2-5,8,18H2,1H3. The van der Waals surface area contributed by atoms with Gasteiger partial charge in [0.2, 0.25) is 0 Å². The predicted octanol–water partition coefficient (Wildman–Crippen LogP) is 2.91. The molecule has 112 valence electrons. The molecule has 1 heterocycles. The van der Waals surface area contributed by atoms with Gasteiger partial charge in [-0.05, 0) is 24.6 Å². The zero-order chi connectivity index (χ0) is 14.9. The minimum atomic E-state index is -4.14. The Morgan fingerprint density at radius 2 is 1.80 bits per heavy atom. The molecule has 0 saturated carbocycles. The molecular formula is C13H17ClF3N3. The molecule has 0 spiro atoms. The molecule has 2 rings (SSSR count). The van der Waals surface area contributed by atoms with Crippen molar-refractivity contribution in [2.45, 2.75) is 13.1 Å². The maximum Gasteiger partial charge on any atom is 0.401 e. The van der Waals surface area contributed by atoms with Crippen LogP contribution in [0.15, 0.2) is 12.1 Å². The van der Waals surface area contributed by atoms with Gasteiger partial charge in [-0.3, -0.25) is 4.90 Å². The van der Waals surface area contributed by atoms with E-state index in [0.717, 1.165) is 11.3 Å². The summed E-state index contributed by atoms with van der Waals surface area (Å²) < 4.78 is 37.0. The summed E-state index contributed by atoms with van der Waals surface area (Å²) in [5.74, 6) is 0. The normalized spacial score (nSPS) is 17.6. The third-order valence-electron chi connectivity index (χ3n) is 3.43. The first-order chi connectivity index (χ1) is 9.26. The highest BCUT2D eigenvalue weighted by Crippen LogP contribution is 2.30. The number of piperazine rings is 1. The van der Waals surface area contributed by atoms with E-state index in [2.05, 4.69) is 0 Å². The predicted molar refractivity (Wildman–Crippen MR) is 75.3 cm³/mol. The van der Waals surface area contributed by atoms with E-state index in [-0.39, 0.29) is 0 Å². The average molecular weight is 308 g/mol. The van der Waals surface area contributed by atoms with E-state index >= 15 is 0 Å². The molecule has 20 heavy (non-hydrogen) atoms. The number of anilines is 2. The monoisotopic (exact) mass is 307 g/mol. The van der Waals surface area contributed by atoms with Gasteiger partial charge in [-0.1, -0.05) is 11.6 Å². The third-order valence-corrected chi connectivity index (χ3v) is 3.76. The van der Waals surface area contributed by atoms with Crippen LogP contribution in [0.25, 0.3) is 0 Å². The van der Waals surface area contributed by atoms with Gasteiger partial charge >= 0.3 is 6.18 Å². The van der Waals surface area contributed by atoms with Crippen LogP contribution in [-0.2, 0) is 0 Å². The molecule has 1 fully saturated rings. The molecule has 0 unspecified atom stereocenters. The summed E-state index contributed by atoms with van der Waals surface area (Å²) in [6, 6.07) is 3.57. The first-order valence-electron chi connectivity index (χ1n) is 6.36. The molecule has 1 aliphatic rings. The van der Waals surface area contributed by atoms with Gasteiger partial charge in [0.15, 0.2) is 0 Å². The highest BCUT2D eigenvalue weighted by atomic mass is 35.5. The minimum Gasteiger partial charge on any atom is -0.398 e. The topological polar surface area (TPSA) is 32.5 Å². The van der Waals surface area contributed by atoms with Crippen LogP contribution >= 0.6 is 11.6 Å². The van der Waals surface area contributed by atoms with Crippen LogP contribution in [0, 0.1) is 6.92 Å². The largest absolute Gasteiger partial charge is 0.401 e. The summed E-state index contributed by atoms with van der Waals surface area (Å²) >= 11 is 6.01. The van der Waals surface area contributed by atoms with Crippen LogP contribution in [0.5, 0.6) is 0 Å². The molecule has 0 aromatic heterocycles. The number of alkyl halides is 3. The zero-order valence-corrected chi connectivity index (χ0v) is 11.9. The molecule has 0 atom stereocenters. The fourth-order valence-electron chi connectivity index (χ4n) is 2.43. The van der Waals surface area contributed by atoms with Gasteiger partial charge in [-0.15, -0.1) is 0 Å². The van der Waals surface area contributed by atoms with Gasteiger partial charge in [-0.25, -0.2) is 0 Å². The molecule has 7 heteroatoms. The Hall–Kier alpha value is -1.14. The van der Waals surface area contributed by atoms with Crippen molar-refractivity contribution < 1.29 is 13.2 Å². The van der Waals surface area contributed by atoms with Gasteiger partial charge < -0.3 is 10.6 Å². The number of benzene rings is 1. The Balaban J connectivity index is 2.02. The van der Waals surface area contributed by atoms with Gasteiger partial charge in [0.05, 0.1) is 17.3 Å². The van der Waals surface area contributed by atoms with Crippen molar-refractivity contribution in [1.29, 1.82) is 0 Å². The number of aryl methyl sites for hydroxylation is 1. The Morgan fingerprint density at radius 1 is 1.20 bits per heavy atom. The molecule has 1 aliphatic heterocycles. The van der Waals surface area contributed by atoms with Crippen molar-refractivity contribution in [2.24, 2.45) is 0 Å². The number of nitrogens with two attached hydrogens (primary N) is 1. The Kier molecular flexibility index (Phi) is 4.34. The lowest BCUT2D eigenvalue weighted by molar-refractivity contribution is -0.146. The maximum atomic E-state index is 12.3. The van der Waals surface area contributed by atoms with Crippen molar-refractivity contribution >= 4 is 23.0 Å². The number of nitrogens with zero attached hydrogens (tertiary/aromatic N) is 2. The van der Waals surface area contributed by atoms with E-state index < -0.39 is 12.7 Å². The van der Waals surface area contributed by atoms with Crippen molar-refractivity contribution in [1.82, 2.24) is 4.90 Å². The number of hydrogen-bond donors (Lipinski definition) is 1. The van der Waals surface area contributed by atoms with Crippen LogP contribution < -0.4 is 10.6 Å². The molecule has 0 aliphatic carbocycles. The van der Waals surface area contributed by atoms with Gasteiger partial charge in [-0.2, -0.15) is 13.2 Å². The third kappa shape index (κ3) is 3.70. The second kappa shape index (κ2) is 5.69. The molecular weight excluding hydrogens is 291 g/mol. The summed E-state index contributed by atoms with van der Waals surface area (Å²) in [6.07, 6.45) is -4.14. The molecule has 1 saturated heterocycles. The molecule has 2 N–H and O–H groups in total. The SMILES string of the molecule is Cc1cc(N)c(Cl)cc1N1CCN(CC(F)(F)F)CC1. The van der Waals surface area contributed by atoms with Gasteiger partial charge in [0.1, 0.15) is 0 Å². The molecule has 3 nitrogen and oxygen atoms in total. The van der Waals surface area contributed by atoms with Crippen LogP contribution in [0.2, 0.25) is 5.02 Å². The lowest BCUT2D eigenvalue weighted by Gasteiger charge is -2.37. The number of rotatable bonds is 2. The fourth-order valence-corrected chi connectivity index (χ4v) is 2.59. The lowest BCUT2D eigenvalue weighted by atomic mass is 10.1. The van der Waals surface area contributed by atoms with E-state index in [9.17, 15) is 13.2 Å². The lowest BCUT2D eigenvalue weighted by Crippen LogP contribution is -2.49. The fraction of sp³-hybridized carbons (Fsp3) is 0.538. The van der Waals surface area contributed by atoms with E-state index in [1.807, 2.05) is 11.8 Å². The average Bonchev–Trinajstić information content (AvgIpc) is 2.33. The summed E-state index contributed by atoms with van der Waals surface area (Å²) in [7, 11) is 0. The van der Waals surface area contributed by atoms with Gasteiger partial charge in [0, 0.05) is 31.9 Å². The maximum absolute atomic E-state index is 12.3. The Bertz CT molecular complexity index is 482. The smallest absolute Gasteiger partial charge is 0.398 e. The number of hydrogen-bond acceptors (Lipinski definition) is 3. The molecule has 0 bridgehead atoms. The first kappa shape index (κ1) is 15.3. The summed E-state index contributed by atoms with van der Waals surface area (Å²) in [6.45, 7) is 2.96. The highest BCUT2D eigenvalue weighted by Gasteiger charge is 2.32. The quantitative estimate of drug-likeness (QED) is 0.853. The van der Waals surface area contributed by atoms with Crippen LogP contribution in [0.3, 0.4) is 0 Å². The molecule has 0 amide bonds. The molecule has 1 aromatic carbocycles. The molecule has 1 aromatic rings. The zero-order valence-electron chi connectivity index (χ0n) is 11.2. The van der Waals surface area contributed by atoms with E-state index in [4.69, 9.17) is 17.3 Å². The van der Waals surface area contributed by atoms with Crippen molar-refractivity contribution in [3.8, 4) is 0 Å². The first-order valence-corrected chi connectivity index (χ1v) is 6.74. The van der Waals surface area contributed by atoms with Gasteiger partial charge in [0.25, 0.3) is 0 Å². The van der Waals surface area contributed by atoms with E-state index in [1.165, 1.54) is 4.90 Å². The Labute approximate surface area is 121 Å². The second-order valence-corrected chi connectivity index (χ2v) is 5.45. The number of nitrogen functional groups attached to an aromatic ring is 1. The second-order valence-electron chi connectivity index (χ2n) is 5.04. The van der Waals surface area contributed by atoms with Crippen LogP contribution in [0.1, 0.15) is 5.56 Å². The summed E-state index contributed by atoms with van der Waals surface area (Å²) in [5.41, 5.74) is 8.17. The van der Waals surface area contributed by atoms with Crippen molar-refractivity contribution in [2.75, 3.05) is 43.4 Å². The van der Waals surface area contributed by atoms with E-state index in [0.29, 0.717) is 36.9 Å². The summed E-state index contributed by atoms with van der Waals surface area (Å²) in [4.78, 5) is 3.47. The highest BCUT2D eigenvalue weighted by molar-refractivity contribution is 6.33. The van der Waals surface area contributed by atoms with Crippen molar-refractivity contribution in [3.63, 3.8) is 0 Å². The van der Waals surface area contributed by atoms with Crippen LogP contribution in [-0.4, -0.2) is 43.8 Å². The van der Waals surface area contributed by atoms with Crippen molar-refractivity contribution in [3.05, 3.63) is 22.7 Å². The Morgan fingerprint density at radius 3 is 2.35 bits per heavy atom. The number of halogens is 4.